The van der Waals surface area contributed by atoms with Crippen molar-refractivity contribution in [1.29, 1.82) is 0 Å². The average Bonchev–Trinajstić information content (AvgIpc) is 1.97. The number of rotatable bonds is 0. The molecule has 0 radical (unpaired) electrons. The lowest BCUT2D eigenvalue weighted by Gasteiger charge is -1.59. The molecule has 0 spiro atoms. The van der Waals surface area contributed by atoms with Gasteiger partial charge in [-0.3, -0.25) is 19.2 Å². The van der Waals surface area contributed by atoms with Crippen molar-refractivity contribution < 1.29 is 39.6 Å². The maximum Gasteiger partial charge on any atom is 0.300 e. The summed E-state index contributed by atoms with van der Waals surface area (Å²) in [6, 6.07) is 0. The molecule has 0 fully saturated rings. The Balaban J connectivity index is -0.0000000432. The van der Waals surface area contributed by atoms with E-state index in [-0.39, 0.29) is 0 Å². The maximum atomic E-state index is 9.00. The third-order valence-electron chi connectivity index (χ3n) is 0. The van der Waals surface area contributed by atoms with Gasteiger partial charge in [0.25, 0.3) is 23.9 Å². The molecule has 0 aliphatic heterocycles. The van der Waals surface area contributed by atoms with Crippen LogP contribution in [0.1, 0.15) is 34.6 Å². The molecule has 0 saturated carbocycles. The molecule has 8 nitrogen and oxygen atoms in total. The molecule has 0 atom stereocenters. The van der Waals surface area contributed by atoms with Gasteiger partial charge in [-0.2, -0.15) is 0 Å². The van der Waals surface area contributed by atoms with Gasteiger partial charge in [0.2, 0.25) is 0 Å². The van der Waals surface area contributed by atoms with Crippen molar-refractivity contribution in [2.45, 2.75) is 34.6 Å². The van der Waals surface area contributed by atoms with E-state index in [2.05, 4.69) is 6.58 Å². The van der Waals surface area contributed by atoms with Gasteiger partial charge in [0.1, 0.15) is 0 Å². The Morgan fingerprint density at radius 3 is 0.684 bits per heavy atom. The first kappa shape index (κ1) is 30.0. The van der Waals surface area contributed by atoms with Crippen LogP contribution < -0.4 is 0 Å². The minimum atomic E-state index is -0.833. The van der Waals surface area contributed by atoms with Gasteiger partial charge in [0.15, 0.2) is 0 Å². The van der Waals surface area contributed by atoms with Crippen molar-refractivity contribution in [2.24, 2.45) is 0 Å². The highest BCUT2D eigenvalue weighted by molar-refractivity contribution is 5.63. The Bertz CT molecular complexity index is 193. The Hall–Kier alpha value is -2.38. The standard InChI is InChI=1S/C3H6.4C2H4O2/c1-3-2;4*1-2(3)4/h3H,1H2,2H3;4*1H3,(H,3,4). The molecule has 8 heteroatoms. The molecule has 0 unspecified atom stereocenters. The summed E-state index contributed by atoms with van der Waals surface area (Å²) in [5.41, 5.74) is 0. The molecule has 0 aliphatic carbocycles. The molecule has 0 aromatic rings. The van der Waals surface area contributed by atoms with Gasteiger partial charge in [0, 0.05) is 27.7 Å². The van der Waals surface area contributed by atoms with E-state index in [1.54, 1.807) is 6.08 Å². The number of allylic oxidation sites excluding steroid dienone is 1. The zero-order chi connectivity index (χ0) is 17.0. The van der Waals surface area contributed by atoms with E-state index >= 15 is 0 Å². The first-order chi connectivity index (χ1) is 8.34. The first-order valence-electron chi connectivity index (χ1n) is 4.70. The zero-order valence-electron chi connectivity index (χ0n) is 11.7. The number of carbonyl (C=O) groups is 4. The number of carboxylic acid groups (broad SMARTS) is 4. The second-order valence-electron chi connectivity index (χ2n) is 2.48. The third kappa shape index (κ3) is 512. The van der Waals surface area contributed by atoms with E-state index in [9.17, 15) is 0 Å². The summed E-state index contributed by atoms with van der Waals surface area (Å²) >= 11 is 0. The van der Waals surface area contributed by atoms with E-state index in [1.165, 1.54) is 0 Å². The SMILES string of the molecule is C=CC.CC(=O)O.CC(=O)O.CC(=O)O.CC(=O)O. The van der Waals surface area contributed by atoms with Crippen LogP contribution in [0.5, 0.6) is 0 Å². The molecular formula is C11H22O8. The summed E-state index contributed by atoms with van der Waals surface area (Å²) < 4.78 is 0. The second kappa shape index (κ2) is 29.6. The molecule has 114 valence electrons. The highest BCUT2D eigenvalue weighted by Crippen LogP contribution is 1.43. The third-order valence-corrected chi connectivity index (χ3v) is 0. The van der Waals surface area contributed by atoms with Gasteiger partial charge >= 0.3 is 0 Å². The predicted octanol–water partition coefficient (Wildman–Crippen LogP) is 1.56. The molecule has 0 heterocycles. The van der Waals surface area contributed by atoms with Crippen LogP contribution in [0.15, 0.2) is 12.7 Å². The van der Waals surface area contributed by atoms with Crippen molar-refractivity contribution in [3.05, 3.63) is 12.7 Å². The number of hydrogen-bond donors (Lipinski definition) is 4. The van der Waals surface area contributed by atoms with Crippen LogP contribution in [0.2, 0.25) is 0 Å². The van der Waals surface area contributed by atoms with Gasteiger partial charge in [-0.1, -0.05) is 6.08 Å². The molecule has 0 aliphatic rings. The zero-order valence-corrected chi connectivity index (χ0v) is 11.7. The molecule has 0 aromatic carbocycles. The summed E-state index contributed by atoms with van der Waals surface area (Å²) in [6.07, 6.45) is 1.75. The monoisotopic (exact) mass is 282 g/mol. The molecule has 0 rings (SSSR count). The van der Waals surface area contributed by atoms with E-state index in [1.807, 2.05) is 6.92 Å². The van der Waals surface area contributed by atoms with Gasteiger partial charge < -0.3 is 20.4 Å². The van der Waals surface area contributed by atoms with Crippen molar-refractivity contribution in [1.82, 2.24) is 0 Å². The fraction of sp³-hybridized carbons (Fsp3) is 0.455. The maximum absolute atomic E-state index is 9.00. The summed E-state index contributed by atoms with van der Waals surface area (Å²) in [7, 11) is 0. The molecule has 0 amide bonds. The van der Waals surface area contributed by atoms with Crippen molar-refractivity contribution in [3.63, 3.8) is 0 Å². The first-order valence-corrected chi connectivity index (χ1v) is 4.70. The molecule has 4 N–H and O–H groups in total. The Morgan fingerprint density at radius 2 is 0.684 bits per heavy atom. The smallest absolute Gasteiger partial charge is 0.300 e. The number of carboxylic acids is 4. The minimum Gasteiger partial charge on any atom is -0.481 e. The Morgan fingerprint density at radius 1 is 0.684 bits per heavy atom. The van der Waals surface area contributed by atoms with Crippen molar-refractivity contribution >= 4 is 23.9 Å². The van der Waals surface area contributed by atoms with Crippen LogP contribution >= 0.6 is 0 Å². The number of aliphatic carboxylic acids is 4. The lowest BCUT2D eigenvalue weighted by Crippen LogP contribution is -1.78. The summed E-state index contributed by atoms with van der Waals surface area (Å²) in [6.45, 7) is 9.58. The quantitative estimate of drug-likeness (QED) is 0.489. The lowest BCUT2D eigenvalue weighted by atomic mass is 10.8. The van der Waals surface area contributed by atoms with Crippen LogP contribution in [0.25, 0.3) is 0 Å². The minimum absolute atomic E-state index is 0.833. The summed E-state index contributed by atoms with van der Waals surface area (Å²) in [5, 5.41) is 29.7. The Labute approximate surface area is 112 Å². The summed E-state index contributed by atoms with van der Waals surface area (Å²) in [5.74, 6) is -3.33. The summed E-state index contributed by atoms with van der Waals surface area (Å²) in [4.78, 5) is 36.0. The number of hydrogen-bond acceptors (Lipinski definition) is 4. The van der Waals surface area contributed by atoms with Gasteiger partial charge in [-0.05, 0) is 6.92 Å². The highest BCUT2D eigenvalue weighted by atomic mass is 16.4. The van der Waals surface area contributed by atoms with Crippen molar-refractivity contribution in [3.8, 4) is 0 Å². The largest absolute Gasteiger partial charge is 0.481 e. The van der Waals surface area contributed by atoms with Gasteiger partial charge in [0.05, 0.1) is 0 Å². The fourth-order valence-corrected chi connectivity index (χ4v) is 0. The van der Waals surface area contributed by atoms with E-state index in [4.69, 9.17) is 39.6 Å². The average molecular weight is 282 g/mol. The van der Waals surface area contributed by atoms with Gasteiger partial charge in [-0.15, -0.1) is 6.58 Å². The molecule has 0 bridgehead atoms. The molecule has 0 aromatic heterocycles. The fourth-order valence-electron chi connectivity index (χ4n) is 0. The highest BCUT2D eigenvalue weighted by Gasteiger charge is 1.66. The lowest BCUT2D eigenvalue weighted by molar-refractivity contribution is -0.135. The molecule has 19 heavy (non-hydrogen) atoms. The normalized spacial score (nSPS) is 5.95. The van der Waals surface area contributed by atoms with Gasteiger partial charge in [-0.25, -0.2) is 0 Å². The van der Waals surface area contributed by atoms with Crippen LogP contribution in [0.4, 0.5) is 0 Å². The molecule has 0 saturated heterocycles. The molecular weight excluding hydrogens is 260 g/mol. The van der Waals surface area contributed by atoms with Crippen LogP contribution in [0.3, 0.4) is 0 Å². The predicted molar refractivity (Wildman–Crippen MR) is 69.1 cm³/mol. The van der Waals surface area contributed by atoms with E-state index in [0.29, 0.717) is 0 Å². The van der Waals surface area contributed by atoms with E-state index in [0.717, 1.165) is 27.7 Å². The van der Waals surface area contributed by atoms with Crippen molar-refractivity contribution in [2.75, 3.05) is 0 Å². The van der Waals surface area contributed by atoms with Crippen LogP contribution in [0, 0.1) is 0 Å². The van der Waals surface area contributed by atoms with Crippen LogP contribution in [-0.4, -0.2) is 44.3 Å². The van der Waals surface area contributed by atoms with E-state index < -0.39 is 23.9 Å². The second-order valence-corrected chi connectivity index (χ2v) is 2.48. The van der Waals surface area contributed by atoms with Crippen LogP contribution in [-0.2, 0) is 19.2 Å². The topological polar surface area (TPSA) is 149 Å². The Kier molecular flexibility index (Phi) is 46.8.